The molecule has 0 radical (unpaired) electrons. The first-order chi connectivity index (χ1) is 25.6. The van der Waals surface area contributed by atoms with Gasteiger partial charge in [0.25, 0.3) is 5.91 Å². The van der Waals surface area contributed by atoms with Crippen LogP contribution >= 0.6 is 11.6 Å². The van der Waals surface area contributed by atoms with Gasteiger partial charge in [-0.25, -0.2) is 9.00 Å². The van der Waals surface area contributed by atoms with Crippen molar-refractivity contribution in [1.29, 1.82) is 0 Å². The van der Waals surface area contributed by atoms with E-state index >= 15 is 0 Å². The number of anilines is 1. The first-order valence-corrected chi connectivity index (χ1v) is 21.4. The highest BCUT2D eigenvalue weighted by Crippen LogP contribution is 2.47. The van der Waals surface area contributed by atoms with Crippen LogP contribution in [-0.4, -0.2) is 110 Å². The van der Waals surface area contributed by atoms with Gasteiger partial charge in [-0.15, -0.1) is 4.36 Å². The first kappa shape index (κ1) is 36.8. The van der Waals surface area contributed by atoms with Crippen LogP contribution in [0.1, 0.15) is 60.5 Å². The van der Waals surface area contributed by atoms with E-state index in [2.05, 4.69) is 43.2 Å². The van der Waals surface area contributed by atoms with Gasteiger partial charge in [0.1, 0.15) is 15.7 Å². The number of nitrogens with zero attached hydrogens (tertiary/aromatic N) is 4. The number of hydrogen-bond acceptors (Lipinski definition) is 8. The second kappa shape index (κ2) is 15.2. The van der Waals surface area contributed by atoms with Crippen molar-refractivity contribution in [3.05, 3.63) is 70.3 Å². The zero-order chi connectivity index (χ0) is 36.7. The summed E-state index contributed by atoms with van der Waals surface area (Å²) in [5.41, 5.74) is 3.45. The van der Waals surface area contributed by atoms with Gasteiger partial charge in [-0.1, -0.05) is 36.7 Å². The van der Waals surface area contributed by atoms with Gasteiger partial charge in [0.05, 0.1) is 43.4 Å². The van der Waals surface area contributed by atoms with Gasteiger partial charge in [-0.2, -0.15) is 0 Å². The van der Waals surface area contributed by atoms with E-state index in [0.29, 0.717) is 62.5 Å². The van der Waals surface area contributed by atoms with Crippen LogP contribution in [0.2, 0.25) is 5.02 Å². The third-order valence-electron chi connectivity index (χ3n) is 12.5. The Hall–Kier alpha value is -3.16. The van der Waals surface area contributed by atoms with E-state index in [1.807, 2.05) is 25.1 Å². The number of carbonyl (C=O) groups excluding carboxylic acids is 2. The van der Waals surface area contributed by atoms with E-state index in [4.69, 9.17) is 25.8 Å². The second-order valence-corrected chi connectivity index (χ2v) is 18.5. The molecule has 3 fully saturated rings. The molecule has 1 N–H and O–H groups in total. The van der Waals surface area contributed by atoms with Crippen molar-refractivity contribution >= 4 is 39.1 Å². The Balaban J connectivity index is 1.15. The Morgan fingerprint density at radius 3 is 2.85 bits per heavy atom. The van der Waals surface area contributed by atoms with E-state index in [0.717, 1.165) is 69.0 Å². The fourth-order valence-electron chi connectivity index (χ4n) is 9.50. The van der Waals surface area contributed by atoms with Gasteiger partial charge in [0.2, 0.25) is 0 Å². The molecule has 0 unspecified atom stereocenters. The molecule has 4 heterocycles. The zero-order valence-electron chi connectivity index (χ0n) is 30.8. The third-order valence-corrected chi connectivity index (χ3v) is 14.7. The predicted molar refractivity (Wildman–Crippen MR) is 206 cm³/mol. The smallest absolute Gasteiger partial charge is 0.329 e. The fraction of sp³-hybridized carbons (Fsp3) is 0.600. The number of rotatable bonds is 2. The van der Waals surface area contributed by atoms with Crippen molar-refractivity contribution in [3.63, 3.8) is 0 Å². The summed E-state index contributed by atoms with van der Waals surface area (Å²) in [5.74, 6) is 0.758. The summed E-state index contributed by atoms with van der Waals surface area (Å²) in [6.07, 6.45) is 9.98. The van der Waals surface area contributed by atoms with E-state index in [1.165, 1.54) is 11.1 Å². The minimum atomic E-state index is -3.50. The number of nitrogens with one attached hydrogen (secondary N) is 1. The molecule has 2 aliphatic carbocycles. The van der Waals surface area contributed by atoms with Crippen molar-refractivity contribution in [1.82, 2.24) is 14.5 Å². The topological polar surface area (TPSA) is 113 Å². The molecule has 0 aromatic heterocycles. The summed E-state index contributed by atoms with van der Waals surface area (Å²) in [4.78, 5) is 34.3. The Morgan fingerprint density at radius 2 is 2.02 bits per heavy atom. The molecule has 286 valence electrons. The summed E-state index contributed by atoms with van der Waals surface area (Å²) in [6.45, 7) is 7.78. The number of urea groups is 1. The Bertz CT molecular complexity index is 1880. The number of halogens is 1. The zero-order valence-corrected chi connectivity index (χ0v) is 32.4. The maximum absolute atomic E-state index is 14.7. The number of benzene rings is 2. The molecule has 2 saturated heterocycles. The number of methoxy groups -OCH3 is 1. The highest BCUT2D eigenvalue weighted by molar-refractivity contribution is 7.92. The van der Waals surface area contributed by atoms with Gasteiger partial charge < -0.3 is 24.0 Å². The standard InChI is InChI=1S/C40H52ClN5O6S/c1-27-5-3-7-36(50-2)33-11-8-30(33)21-46-25-40(14-4-6-28-19-31(41)10-12-34(28)40)26-52-37-13-9-29(20-35(37)46)38(47)42-53(49,24-27)43-39(48)45-16-15-44-17-18-51-23-32(44)22-45/h3,7,9-10,12-13,19-20,27,30,32-33,36H,4-6,8,11,14-18,21-26H2,1-2H3,(H,42,43,47,48,49)/b7-3+/t27-,30-,32+,33+,36-,40-,53-/m0/s1. The average molecular weight is 766 g/mol. The number of morpholine rings is 1. The van der Waals surface area contributed by atoms with E-state index in [9.17, 15) is 13.8 Å². The summed E-state index contributed by atoms with van der Waals surface area (Å²) < 4.78 is 40.3. The van der Waals surface area contributed by atoms with Crippen molar-refractivity contribution in [3.8, 4) is 5.75 Å². The van der Waals surface area contributed by atoms with E-state index in [1.54, 1.807) is 18.1 Å². The summed E-state index contributed by atoms with van der Waals surface area (Å²) in [5, 5.41) is 0.745. The second-order valence-electron chi connectivity index (χ2n) is 16.1. The lowest BCUT2D eigenvalue weighted by atomic mass is 9.68. The van der Waals surface area contributed by atoms with Crippen LogP contribution in [0, 0.1) is 17.8 Å². The van der Waals surface area contributed by atoms with Crippen LogP contribution in [0.4, 0.5) is 10.5 Å². The number of carbonyl (C=O) groups is 2. The first-order valence-electron chi connectivity index (χ1n) is 19.3. The quantitative estimate of drug-likeness (QED) is 0.388. The summed E-state index contributed by atoms with van der Waals surface area (Å²) >= 11 is 6.47. The molecular weight excluding hydrogens is 714 g/mol. The lowest BCUT2D eigenvalue weighted by Crippen LogP contribution is -2.60. The Labute approximate surface area is 318 Å². The van der Waals surface area contributed by atoms with Gasteiger partial charge in [0.15, 0.2) is 0 Å². The molecule has 1 saturated carbocycles. The number of hydrogen-bond donors (Lipinski definition) is 1. The molecule has 13 heteroatoms. The molecule has 8 rings (SSSR count). The molecular formula is C40H52ClN5O6S. The maximum atomic E-state index is 14.7. The molecule has 2 aromatic rings. The molecule has 2 aromatic carbocycles. The van der Waals surface area contributed by atoms with Crippen molar-refractivity contribution < 1.29 is 28.0 Å². The molecule has 53 heavy (non-hydrogen) atoms. The fourth-order valence-corrected chi connectivity index (χ4v) is 11.6. The molecule has 3 amide bonds. The monoisotopic (exact) mass is 765 g/mol. The Kier molecular flexibility index (Phi) is 10.5. The minimum absolute atomic E-state index is 0.0388. The molecule has 4 aliphatic heterocycles. The van der Waals surface area contributed by atoms with E-state index in [-0.39, 0.29) is 29.2 Å². The highest BCUT2D eigenvalue weighted by Gasteiger charge is 2.44. The molecule has 11 nitrogen and oxygen atoms in total. The largest absolute Gasteiger partial charge is 0.490 e. The van der Waals surface area contributed by atoms with Crippen LogP contribution in [0.5, 0.6) is 5.75 Å². The van der Waals surface area contributed by atoms with Gasteiger partial charge >= 0.3 is 6.03 Å². The summed E-state index contributed by atoms with van der Waals surface area (Å²) in [7, 11) is -1.73. The van der Waals surface area contributed by atoms with Crippen molar-refractivity contribution in [2.75, 3.05) is 76.9 Å². The number of amides is 3. The third kappa shape index (κ3) is 7.59. The molecule has 7 atom stereocenters. The van der Waals surface area contributed by atoms with Crippen LogP contribution in [0.3, 0.4) is 0 Å². The average Bonchev–Trinajstić information content (AvgIpc) is 3.28. The predicted octanol–water partition coefficient (Wildman–Crippen LogP) is 5.70. The van der Waals surface area contributed by atoms with Gasteiger partial charge in [-0.05, 0) is 97.7 Å². The van der Waals surface area contributed by atoms with E-state index < -0.39 is 21.9 Å². The maximum Gasteiger partial charge on any atom is 0.329 e. The number of aryl methyl sites for hydroxylation is 1. The SMILES string of the molecule is CO[C@H]1/C=C/C[C@H](C)C[S@@](=O)(NC(=O)N2CCN3CCOC[C@H]3C2)=NC(=O)c2ccc3c(c2)N(C[C@@H]2CC[C@H]21)C[C@@]1(CCCc2cc(Cl)ccc21)CO3. The van der Waals surface area contributed by atoms with Crippen LogP contribution in [0.15, 0.2) is 52.9 Å². The normalized spacial score (nSPS) is 33.9. The van der Waals surface area contributed by atoms with Gasteiger partial charge in [-0.3, -0.25) is 14.4 Å². The van der Waals surface area contributed by atoms with Crippen LogP contribution < -0.4 is 14.4 Å². The highest BCUT2D eigenvalue weighted by atomic mass is 35.5. The molecule has 2 bridgehead atoms. The van der Waals surface area contributed by atoms with Crippen molar-refractivity contribution in [2.24, 2.45) is 22.1 Å². The lowest BCUT2D eigenvalue weighted by molar-refractivity contribution is -0.0361. The number of allylic oxidation sites excluding steroid dienone is 1. The minimum Gasteiger partial charge on any atom is -0.490 e. The Morgan fingerprint density at radius 1 is 1.13 bits per heavy atom. The number of ether oxygens (including phenoxy) is 3. The number of piperazine rings is 1. The van der Waals surface area contributed by atoms with Gasteiger partial charge in [0, 0.05) is 62.4 Å². The summed E-state index contributed by atoms with van der Waals surface area (Å²) in [6, 6.07) is 11.3. The number of fused-ring (bicyclic) bond motifs is 5. The lowest BCUT2D eigenvalue weighted by Gasteiger charge is -2.46. The van der Waals surface area contributed by atoms with Crippen molar-refractivity contribution in [2.45, 2.75) is 63.0 Å². The van der Waals surface area contributed by atoms with Crippen LogP contribution in [0.25, 0.3) is 0 Å². The molecule has 6 aliphatic rings. The molecule has 1 spiro atoms. The van der Waals surface area contributed by atoms with Crippen LogP contribution in [-0.2, 0) is 31.2 Å².